The Labute approximate surface area is 123 Å². The molecule has 2 aromatic rings. The average molecular weight is 307 g/mol. The quantitative estimate of drug-likeness (QED) is 0.793. The highest BCUT2D eigenvalue weighted by atomic mass is 32.2. The first kappa shape index (κ1) is 14.2. The number of H-pyrrole nitrogens is 1. The van der Waals surface area contributed by atoms with Crippen molar-refractivity contribution in [1.29, 1.82) is 0 Å². The highest BCUT2D eigenvalue weighted by Crippen LogP contribution is 2.26. The minimum absolute atomic E-state index is 0.00695. The number of pyridine rings is 2. The van der Waals surface area contributed by atoms with Crippen molar-refractivity contribution in [2.75, 3.05) is 18.0 Å². The fraction of sp³-hybridized carbons (Fsp3) is 0.385. The predicted molar refractivity (Wildman–Crippen MR) is 79.7 cm³/mol. The van der Waals surface area contributed by atoms with Crippen molar-refractivity contribution in [3.8, 4) is 0 Å². The molecule has 21 heavy (non-hydrogen) atoms. The van der Waals surface area contributed by atoms with Crippen molar-refractivity contribution in [2.24, 2.45) is 0 Å². The van der Waals surface area contributed by atoms with E-state index in [1.807, 2.05) is 6.07 Å². The van der Waals surface area contributed by atoms with Crippen LogP contribution in [0.5, 0.6) is 0 Å². The minimum Gasteiger partial charge on any atom is -0.760 e. The molecule has 2 aromatic heterocycles. The molecule has 1 aliphatic heterocycles. The number of rotatable bonds is 3. The Hall–Kier alpha value is -1.77. The molecule has 1 fully saturated rings. The molecule has 0 amide bonds. The maximum atomic E-state index is 11.3. The van der Waals surface area contributed by atoms with Crippen molar-refractivity contribution < 1.29 is 8.76 Å². The van der Waals surface area contributed by atoms with Crippen LogP contribution in [0.1, 0.15) is 12.8 Å². The van der Waals surface area contributed by atoms with E-state index in [2.05, 4.69) is 19.6 Å². The summed E-state index contributed by atoms with van der Waals surface area (Å²) in [6.45, 7) is 1.51. The SMILES string of the molecule is O=c1ccc2c(N3CCC(NS(=O)[O-])CC3)ccnc2[nH]1. The molecule has 0 bridgehead atoms. The number of aromatic amines is 1. The number of hydrogen-bond acceptors (Lipinski definition) is 5. The van der Waals surface area contributed by atoms with Crippen molar-refractivity contribution in [1.82, 2.24) is 14.7 Å². The molecule has 0 aromatic carbocycles. The zero-order valence-electron chi connectivity index (χ0n) is 11.2. The lowest BCUT2D eigenvalue weighted by Crippen LogP contribution is -2.43. The Morgan fingerprint density at radius 3 is 2.81 bits per heavy atom. The smallest absolute Gasteiger partial charge is 0.249 e. The van der Waals surface area contributed by atoms with E-state index in [0.29, 0.717) is 5.65 Å². The summed E-state index contributed by atoms with van der Waals surface area (Å²) in [5, 5.41) is 0.899. The molecule has 1 atom stereocenters. The minimum atomic E-state index is -2.21. The normalized spacial score (nSPS) is 18.0. The van der Waals surface area contributed by atoms with Gasteiger partial charge in [0.1, 0.15) is 5.65 Å². The van der Waals surface area contributed by atoms with Crippen LogP contribution < -0.4 is 15.2 Å². The molecule has 0 aliphatic carbocycles. The highest BCUT2D eigenvalue weighted by Gasteiger charge is 2.20. The Morgan fingerprint density at radius 2 is 2.10 bits per heavy atom. The van der Waals surface area contributed by atoms with Crippen molar-refractivity contribution in [2.45, 2.75) is 18.9 Å². The van der Waals surface area contributed by atoms with Gasteiger partial charge in [-0.3, -0.25) is 9.00 Å². The number of piperidine rings is 1. The average Bonchev–Trinajstić information content (AvgIpc) is 2.46. The summed E-state index contributed by atoms with van der Waals surface area (Å²) in [5.74, 6) is 0. The van der Waals surface area contributed by atoms with Crippen LogP contribution >= 0.6 is 0 Å². The van der Waals surface area contributed by atoms with Crippen LogP contribution in [0.4, 0.5) is 5.69 Å². The molecular formula is C13H15N4O3S-. The number of fused-ring (bicyclic) bond motifs is 1. The van der Waals surface area contributed by atoms with Crippen LogP contribution in [0.25, 0.3) is 11.0 Å². The van der Waals surface area contributed by atoms with E-state index in [9.17, 15) is 13.6 Å². The molecule has 1 unspecified atom stereocenters. The molecule has 0 spiro atoms. The lowest BCUT2D eigenvalue weighted by atomic mass is 10.0. The van der Waals surface area contributed by atoms with Gasteiger partial charge in [0, 0.05) is 53.7 Å². The van der Waals surface area contributed by atoms with Gasteiger partial charge >= 0.3 is 0 Å². The van der Waals surface area contributed by atoms with E-state index >= 15 is 0 Å². The highest BCUT2D eigenvalue weighted by molar-refractivity contribution is 7.77. The summed E-state index contributed by atoms with van der Waals surface area (Å²) in [6.07, 6.45) is 3.17. The summed E-state index contributed by atoms with van der Waals surface area (Å²) in [7, 11) is 0. The molecule has 2 N–H and O–H groups in total. The van der Waals surface area contributed by atoms with E-state index in [0.717, 1.165) is 37.0 Å². The van der Waals surface area contributed by atoms with Gasteiger partial charge in [0.15, 0.2) is 0 Å². The van der Waals surface area contributed by atoms with Crippen molar-refractivity contribution in [3.63, 3.8) is 0 Å². The van der Waals surface area contributed by atoms with Crippen LogP contribution in [-0.2, 0) is 11.3 Å². The van der Waals surface area contributed by atoms with Gasteiger partial charge < -0.3 is 14.4 Å². The van der Waals surface area contributed by atoms with E-state index in [4.69, 9.17) is 0 Å². The van der Waals surface area contributed by atoms with E-state index in [1.165, 1.54) is 6.07 Å². The number of aromatic nitrogens is 2. The summed E-state index contributed by atoms with van der Waals surface area (Å²) in [5.41, 5.74) is 1.41. The Kier molecular flexibility index (Phi) is 4.00. The number of hydrogen-bond donors (Lipinski definition) is 2. The maximum Gasteiger partial charge on any atom is 0.249 e. The second-order valence-electron chi connectivity index (χ2n) is 5.03. The Morgan fingerprint density at radius 1 is 1.33 bits per heavy atom. The molecule has 7 nitrogen and oxygen atoms in total. The van der Waals surface area contributed by atoms with Gasteiger partial charge in [-0.2, -0.15) is 0 Å². The molecule has 1 aliphatic rings. The van der Waals surface area contributed by atoms with Gasteiger partial charge in [0.2, 0.25) is 5.56 Å². The second-order valence-corrected chi connectivity index (χ2v) is 5.73. The van der Waals surface area contributed by atoms with Gasteiger partial charge in [-0.1, -0.05) is 0 Å². The third kappa shape index (κ3) is 3.12. The molecule has 112 valence electrons. The monoisotopic (exact) mass is 307 g/mol. The molecular weight excluding hydrogens is 292 g/mol. The predicted octanol–water partition coefficient (Wildman–Crippen LogP) is 0.276. The van der Waals surface area contributed by atoms with Gasteiger partial charge in [-0.25, -0.2) is 9.71 Å². The number of anilines is 1. The van der Waals surface area contributed by atoms with Crippen LogP contribution in [0.15, 0.2) is 29.2 Å². The first-order valence-electron chi connectivity index (χ1n) is 6.72. The zero-order chi connectivity index (χ0) is 14.8. The third-order valence-electron chi connectivity index (χ3n) is 3.71. The fourth-order valence-electron chi connectivity index (χ4n) is 2.69. The molecule has 3 rings (SSSR count). The standard InChI is InChI=1S/C13H16N4O3S/c18-12-2-1-10-11(3-6-14-13(10)15-12)17-7-4-9(5-8-17)16-21(19)20/h1-3,6,9,16H,4-5,7-8H2,(H,19,20)(H,14,15,18)/p-1. The lowest BCUT2D eigenvalue weighted by Gasteiger charge is -2.34. The number of nitrogens with one attached hydrogen (secondary N) is 2. The van der Waals surface area contributed by atoms with Crippen LogP contribution in [0.2, 0.25) is 0 Å². The maximum absolute atomic E-state index is 11.3. The zero-order valence-corrected chi connectivity index (χ0v) is 12.1. The number of nitrogens with zero attached hydrogens (tertiary/aromatic N) is 2. The van der Waals surface area contributed by atoms with Gasteiger partial charge in [0.05, 0.1) is 0 Å². The van der Waals surface area contributed by atoms with Crippen LogP contribution in [0.3, 0.4) is 0 Å². The van der Waals surface area contributed by atoms with Crippen molar-refractivity contribution in [3.05, 3.63) is 34.7 Å². The van der Waals surface area contributed by atoms with Gasteiger partial charge in [0.25, 0.3) is 0 Å². The Balaban J connectivity index is 1.82. The first-order chi connectivity index (χ1) is 10.1. The van der Waals surface area contributed by atoms with Crippen molar-refractivity contribution >= 4 is 28.0 Å². The van der Waals surface area contributed by atoms with Gasteiger partial charge in [-0.05, 0) is 25.0 Å². The molecule has 1 saturated heterocycles. The van der Waals surface area contributed by atoms with Gasteiger partial charge in [-0.15, -0.1) is 0 Å². The topological polar surface area (TPSA) is 101 Å². The first-order valence-corrected chi connectivity index (χ1v) is 7.79. The largest absolute Gasteiger partial charge is 0.760 e. The Bertz CT molecular complexity index is 725. The summed E-state index contributed by atoms with van der Waals surface area (Å²) < 4.78 is 23.8. The molecule has 0 saturated carbocycles. The van der Waals surface area contributed by atoms with E-state index < -0.39 is 11.3 Å². The molecule has 3 heterocycles. The molecule has 0 radical (unpaired) electrons. The van der Waals surface area contributed by atoms with E-state index in [1.54, 1.807) is 12.3 Å². The van der Waals surface area contributed by atoms with Crippen LogP contribution in [0, 0.1) is 0 Å². The van der Waals surface area contributed by atoms with E-state index in [-0.39, 0.29) is 11.6 Å². The lowest BCUT2D eigenvalue weighted by molar-refractivity contribution is 0.446. The summed E-state index contributed by atoms with van der Waals surface area (Å²) >= 11 is -2.21. The summed E-state index contributed by atoms with van der Waals surface area (Å²) in [4.78, 5) is 20.4. The molecule has 8 heteroatoms. The van der Waals surface area contributed by atoms with Crippen LogP contribution in [-0.4, -0.2) is 37.9 Å². The third-order valence-corrected chi connectivity index (χ3v) is 4.23. The summed E-state index contributed by atoms with van der Waals surface area (Å²) in [6, 6.07) is 5.17. The second kappa shape index (κ2) is 5.92. The fourth-order valence-corrected chi connectivity index (χ4v) is 3.20.